The van der Waals surface area contributed by atoms with Gasteiger partial charge in [-0.3, -0.25) is 4.79 Å². The van der Waals surface area contributed by atoms with Crippen molar-refractivity contribution >= 4 is 11.9 Å². The Hall–Kier alpha value is 0.104. The van der Waals surface area contributed by atoms with Crippen LogP contribution in [0, 0.1) is 81.4 Å². The van der Waals surface area contributed by atoms with E-state index < -0.39 is 30.3 Å². The van der Waals surface area contributed by atoms with Crippen molar-refractivity contribution in [2.24, 2.45) is 5.92 Å². The molecule has 10 heteroatoms. The molecule has 8 nitrogen and oxygen atoms in total. The van der Waals surface area contributed by atoms with E-state index in [1.807, 2.05) is 19.9 Å². The Labute approximate surface area is 236 Å². The molecule has 6 atom stereocenters. The number of ether oxygens (including phenoxy) is 6. The summed E-state index contributed by atoms with van der Waals surface area (Å²) >= 11 is 0. The molecule has 32 heavy (non-hydrogen) atoms. The van der Waals surface area contributed by atoms with Gasteiger partial charge in [0.15, 0.2) is 0 Å². The van der Waals surface area contributed by atoms with Crippen molar-refractivity contribution in [3.05, 3.63) is 49.1 Å². The molecule has 174 valence electrons. The van der Waals surface area contributed by atoms with Crippen LogP contribution in [0.15, 0.2) is 30.3 Å². The van der Waals surface area contributed by atoms with Gasteiger partial charge in [-0.1, -0.05) is 32.0 Å². The van der Waals surface area contributed by atoms with E-state index in [2.05, 4.69) is 0 Å². The first-order chi connectivity index (χ1) is 14.5. The van der Waals surface area contributed by atoms with Crippen molar-refractivity contribution < 1.29 is 100 Å². The molecular weight excluding hydrogens is 868 g/mol. The number of hydrogen-bond acceptors (Lipinski definition) is 8. The summed E-state index contributed by atoms with van der Waals surface area (Å²) in [5, 5.41) is 0. The number of benzene rings is 1. The summed E-state index contributed by atoms with van der Waals surface area (Å²) in [6.07, 6.45) is -1.19. The monoisotopic (exact) mass is 896 g/mol. The van der Waals surface area contributed by atoms with E-state index in [0.717, 1.165) is 0 Å². The van der Waals surface area contributed by atoms with Crippen LogP contribution in [-0.2, 0) is 33.2 Å². The number of carbonyl (C=O) groups excluding carboxylic acids is 2. The van der Waals surface area contributed by atoms with Gasteiger partial charge in [-0.2, -0.15) is 13.2 Å². The SMILES string of the molecule is CC[C@H]1O[CH-]C(OC(C)=O)[C@H]1OCOC[C@H]1O[CH-]C(OC(=O)c2ccccc2)[C@H]1C.[U].[U]. The first kappa shape index (κ1) is 30.1. The van der Waals surface area contributed by atoms with Crippen molar-refractivity contribution in [2.75, 3.05) is 13.4 Å². The van der Waals surface area contributed by atoms with Gasteiger partial charge in [-0.05, 0) is 24.5 Å². The third-order valence-electron chi connectivity index (χ3n) is 5.15. The Morgan fingerprint density at radius 2 is 1.66 bits per heavy atom. The average Bonchev–Trinajstić information content (AvgIpc) is 3.28. The van der Waals surface area contributed by atoms with Crippen LogP contribution in [0.5, 0.6) is 0 Å². The molecule has 0 bridgehead atoms. The summed E-state index contributed by atoms with van der Waals surface area (Å²) < 4.78 is 33.2. The Morgan fingerprint density at radius 3 is 2.31 bits per heavy atom. The first-order valence-corrected chi connectivity index (χ1v) is 10.1. The van der Waals surface area contributed by atoms with Crippen molar-refractivity contribution in [2.45, 2.75) is 57.7 Å². The number of rotatable bonds is 9. The van der Waals surface area contributed by atoms with Crippen LogP contribution in [0.4, 0.5) is 0 Å². The molecule has 0 amide bonds. The van der Waals surface area contributed by atoms with Crippen LogP contribution in [-0.4, -0.2) is 55.9 Å². The quantitative estimate of drug-likeness (QED) is 0.162. The number of esters is 2. The maximum absolute atomic E-state index is 12.2. The smallest absolute Gasteiger partial charge is 0.335 e. The van der Waals surface area contributed by atoms with Gasteiger partial charge in [-0.15, -0.1) is 0 Å². The van der Waals surface area contributed by atoms with Gasteiger partial charge in [0.1, 0.15) is 6.79 Å². The molecule has 3 rings (SSSR count). The normalized spacial score (nSPS) is 29.0. The predicted octanol–water partition coefficient (Wildman–Crippen LogP) is 2.67. The van der Waals surface area contributed by atoms with Gasteiger partial charge in [0.2, 0.25) is 0 Å². The van der Waals surface area contributed by atoms with Crippen LogP contribution < -0.4 is 0 Å². The standard InChI is InChI=1S/C22H28O8.2U/c1-4-17-21(20(12-26-17)29-15(3)23)28-13-25-10-18-14(2)19(11-27-18)30-22(24)16-8-6-5-7-9-16;;/h5-9,11-12,14,17-21H,4,10,13H2,1-3H3;;/q-2;;/t14-,17+,18+,19?,20?,21-;;/m0../s1. The average molecular weight is 897 g/mol. The summed E-state index contributed by atoms with van der Waals surface area (Å²) in [7, 11) is 0. The second-order valence-corrected chi connectivity index (χ2v) is 7.32. The van der Waals surface area contributed by atoms with Crippen LogP contribution in [0.1, 0.15) is 37.6 Å². The van der Waals surface area contributed by atoms with Crippen LogP contribution >= 0.6 is 0 Å². The molecule has 2 unspecified atom stereocenters. The molecule has 0 saturated carbocycles. The van der Waals surface area contributed by atoms with E-state index in [1.165, 1.54) is 20.1 Å². The Kier molecular flexibility index (Phi) is 14.3. The second kappa shape index (κ2) is 15.2. The summed E-state index contributed by atoms with van der Waals surface area (Å²) in [6.45, 7) is 8.53. The minimum Gasteiger partial charge on any atom is -0.544 e. The van der Waals surface area contributed by atoms with Gasteiger partial charge in [-0.25, -0.2) is 4.79 Å². The minimum atomic E-state index is -0.562. The van der Waals surface area contributed by atoms with Crippen molar-refractivity contribution in [3.63, 3.8) is 0 Å². The zero-order chi connectivity index (χ0) is 21.5. The second-order valence-electron chi connectivity index (χ2n) is 7.32. The molecule has 0 radical (unpaired) electrons. The van der Waals surface area contributed by atoms with E-state index in [9.17, 15) is 9.59 Å². The molecule has 2 aliphatic heterocycles. The largest absolute Gasteiger partial charge is 0.544 e. The molecule has 0 aliphatic carbocycles. The van der Waals surface area contributed by atoms with Crippen molar-refractivity contribution in [3.8, 4) is 0 Å². The van der Waals surface area contributed by atoms with Crippen LogP contribution in [0.3, 0.4) is 0 Å². The third kappa shape index (κ3) is 8.40. The van der Waals surface area contributed by atoms with Gasteiger partial charge in [0, 0.05) is 81.4 Å². The molecular formula is C22H28O8U2-2. The zero-order valence-corrected chi connectivity index (χ0v) is 26.7. The van der Waals surface area contributed by atoms with E-state index in [1.54, 1.807) is 24.3 Å². The first-order valence-electron chi connectivity index (χ1n) is 10.1. The Balaban J connectivity index is 0.00000256. The number of hydrogen-bond donors (Lipinski definition) is 0. The fourth-order valence-corrected chi connectivity index (χ4v) is 3.38. The third-order valence-corrected chi connectivity index (χ3v) is 5.15. The van der Waals surface area contributed by atoms with E-state index in [4.69, 9.17) is 28.4 Å². The van der Waals surface area contributed by atoms with Gasteiger partial charge < -0.3 is 28.4 Å². The predicted molar refractivity (Wildman–Crippen MR) is 105 cm³/mol. The van der Waals surface area contributed by atoms with Gasteiger partial charge in [0.25, 0.3) is 5.97 Å². The van der Waals surface area contributed by atoms with E-state index in [-0.39, 0.29) is 93.8 Å². The van der Waals surface area contributed by atoms with E-state index >= 15 is 0 Å². The molecule has 2 saturated heterocycles. The fraction of sp³-hybridized carbons (Fsp3) is 0.545. The summed E-state index contributed by atoms with van der Waals surface area (Å²) in [6, 6.07) is 8.82. The summed E-state index contributed by atoms with van der Waals surface area (Å²) in [4.78, 5) is 23.5. The van der Waals surface area contributed by atoms with Crippen molar-refractivity contribution in [1.29, 1.82) is 0 Å². The molecule has 2 heterocycles. The van der Waals surface area contributed by atoms with Gasteiger partial charge >= 0.3 is 5.97 Å². The molecule has 0 aromatic heterocycles. The fourth-order valence-electron chi connectivity index (χ4n) is 3.38. The number of carbonyl (C=O) groups is 2. The molecule has 0 spiro atoms. The van der Waals surface area contributed by atoms with Crippen LogP contribution in [0.2, 0.25) is 0 Å². The molecule has 0 N–H and O–H groups in total. The molecule has 1 aromatic rings. The summed E-state index contributed by atoms with van der Waals surface area (Å²) in [5.74, 6) is -0.860. The van der Waals surface area contributed by atoms with Gasteiger partial charge in [0.05, 0.1) is 30.5 Å². The maximum atomic E-state index is 12.2. The van der Waals surface area contributed by atoms with Crippen molar-refractivity contribution in [1.82, 2.24) is 0 Å². The zero-order valence-electron chi connectivity index (χ0n) is 18.4. The van der Waals surface area contributed by atoms with Crippen LogP contribution in [0.25, 0.3) is 0 Å². The van der Waals surface area contributed by atoms with E-state index in [0.29, 0.717) is 12.0 Å². The Bertz CT molecular complexity index is 704. The summed E-state index contributed by atoms with van der Waals surface area (Å²) in [5.41, 5.74) is 0.495. The molecule has 1 aromatic carbocycles. The topological polar surface area (TPSA) is 89.5 Å². The minimum absolute atomic E-state index is 0. The molecule has 2 aliphatic rings. The molecule has 2 fully saturated rings. The maximum Gasteiger partial charge on any atom is 0.335 e. The Morgan fingerprint density at radius 1 is 1.00 bits per heavy atom.